The van der Waals surface area contributed by atoms with E-state index in [-0.39, 0.29) is 15.7 Å². The third-order valence-electron chi connectivity index (χ3n) is 3.41. The van der Waals surface area contributed by atoms with Crippen molar-refractivity contribution in [3.05, 3.63) is 76.6 Å². The van der Waals surface area contributed by atoms with Gasteiger partial charge >= 0.3 is 0 Å². The standard InChI is InChI=1S/C18H14ClNO3S3/c19-16-5-2-1-4-15(16)17(21)12-25-14-9-7-13(8-10-14)20-26(22,23)18-6-3-11-24-18/h1-11,20H,12H2. The zero-order valence-electron chi connectivity index (χ0n) is 13.4. The van der Waals surface area contributed by atoms with Crippen molar-refractivity contribution in [2.24, 2.45) is 0 Å². The summed E-state index contributed by atoms with van der Waals surface area (Å²) in [7, 11) is -3.56. The lowest BCUT2D eigenvalue weighted by Crippen LogP contribution is -2.11. The van der Waals surface area contributed by atoms with E-state index in [2.05, 4.69) is 4.72 Å². The maximum Gasteiger partial charge on any atom is 0.271 e. The normalized spacial score (nSPS) is 11.3. The summed E-state index contributed by atoms with van der Waals surface area (Å²) < 4.78 is 27.2. The van der Waals surface area contributed by atoms with Gasteiger partial charge in [0.15, 0.2) is 5.78 Å². The molecule has 0 radical (unpaired) electrons. The van der Waals surface area contributed by atoms with Crippen LogP contribution in [-0.2, 0) is 10.0 Å². The number of carbonyl (C=O) groups excluding carboxylic acids is 1. The first-order chi connectivity index (χ1) is 12.5. The van der Waals surface area contributed by atoms with Gasteiger partial charge in [-0.2, -0.15) is 0 Å². The van der Waals surface area contributed by atoms with E-state index in [9.17, 15) is 13.2 Å². The van der Waals surface area contributed by atoms with Gasteiger partial charge in [0.25, 0.3) is 10.0 Å². The van der Waals surface area contributed by atoms with Crippen molar-refractivity contribution >= 4 is 56.2 Å². The Hall–Kier alpha value is -1.80. The molecule has 0 amide bonds. The van der Waals surface area contributed by atoms with Crippen molar-refractivity contribution < 1.29 is 13.2 Å². The maximum atomic E-state index is 12.2. The van der Waals surface area contributed by atoms with Crippen LogP contribution in [0, 0.1) is 0 Å². The molecule has 1 heterocycles. The number of ketones is 1. The number of thioether (sulfide) groups is 1. The molecule has 26 heavy (non-hydrogen) atoms. The van der Waals surface area contributed by atoms with Crippen molar-refractivity contribution in [3.63, 3.8) is 0 Å². The lowest BCUT2D eigenvalue weighted by atomic mass is 10.1. The van der Waals surface area contributed by atoms with Gasteiger partial charge in [-0.15, -0.1) is 23.1 Å². The Balaban J connectivity index is 1.62. The van der Waals surface area contributed by atoms with Gasteiger partial charge < -0.3 is 0 Å². The van der Waals surface area contributed by atoms with Crippen LogP contribution in [0.15, 0.2) is 75.1 Å². The first kappa shape index (κ1) is 19.0. The minimum absolute atomic E-state index is 0.0527. The molecule has 0 atom stereocenters. The molecule has 8 heteroatoms. The van der Waals surface area contributed by atoms with Crippen molar-refractivity contribution in [2.45, 2.75) is 9.10 Å². The molecule has 0 saturated heterocycles. The van der Waals surface area contributed by atoms with Crippen LogP contribution in [0.5, 0.6) is 0 Å². The summed E-state index contributed by atoms with van der Waals surface area (Å²) >= 11 is 8.56. The number of sulfonamides is 1. The van der Waals surface area contributed by atoms with Crippen LogP contribution < -0.4 is 4.72 Å². The number of benzene rings is 2. The van der Waals surface area contributed by atoms with Gasteiger partial charge in [-0.1, -0.05) is 29.8 Å². The van der Waals surface area contributed by atoms with Crippen molar-refractivity contribution in [3.8, 4) is 0 Å². The highest BCUT2D eigenvalue weighted by atomic mass is 35.5. The van der Waals surface area contributed by atoms with E-state index in [0.717, 1.165) is 16.2 Å². The molecule has 2 aromatic carbocycles. The van der Waals surface area contributed by atoms with Gasteiger partial charge in [-0.05, 0) is 47.8 Å². The van der Waals surface area contributed by atoms with Gasteiger partial charge in [0, 0.05) is 16.1 Å². The Labute approximate surface area is 165 Å². The Morgan fingerprint density at radius 3 is 2.42 bits per heavy atom. The molecule has 3 rings (SSSR count). The topological polar surface area (TPSA) is 63.2 Å². The predicted molar refractivity (Wildman–Crippen MR) is 108 cm³/mol. The molecule has 0 aliphatic heterocycles. The molecule has 0 aliphatic rings. The maximum absolute atomic E-state index is 12.2. The average Bonchev–Trinajstić information content (AvgIpc) is 3.17. The van der Waals surface area contributed by atoms with E-state index in [1.807, 2.05) is 0 Å². The third kappa shape index (κ3) is 4.67. The molecule has 134 valence electrons. The van der Waals surface area contributed by atoms with E-state index in [4.69, 9.17) is 11.6 Å². The fourth-order valence-electron chi connectivity index (χ4n) is 2.16. The Kier molecular flexibility index (Phi) is 6.03. The second-order valence-corrected chi connectivity index (χ2v) is 9.57. The van der Waals surface area contributed by atoms with Crippen LogP contribution in [0.25, 0.3) is 0 Å². The van der Waals surface area contributed by atoms with Crippen LogP contribution >= 0.6 is 34.7 Å². The summed E-state index contributed by atoms with van der Waals surface area (Å²) in [5.41, 5.74) is 0.974. The molecular weight excluding hydrogens is 410 g/mol. The second-order valence-electron chi connectivity index (χ2n) is 5.25. The second kappa shape index (κ2) is 8.26. The van der Waals surface area contributed by atoms with Crippen molar-refractivity contribution in [2.75, 3.05) is 10.5 Å². The number of thiophene rings is 1. The van der Waals surface area contributed by atoms with Crippen molar-refractivity contribution in [1.82, 2.24) is 0 Å². The number of hydrogen-bond acceptors (Lipinski definition) is 5. The molecule has 4 nitrogen and oxygen atoms in total. The van der Waals surface area contributed by atoms with Crippen LogP contribution in [0.4, 0.5) is 5.69 Å². The SMILES string of the molecule is O=C(CSc1ccc(NS(=O)(=O)c2cccs2)cc1)c1ccccc1Cl. The van der Waals surface area contributed by atoms with E-state index in [1.165, 1.54) is 11.8 Å². The number of Topliss-reactive ketones (excluding diaryl/α,β-unsaturated/α-hetero) is 1. The van der Waals surface area contributed by atoms with E-state index >= 15 is 0 Å². The molecule has 0 fully saturated rings. The van der Waals surface area contributed by atoms with Gasteiger partial charge in [-0.25, -0.2) is 8.42 Å². The number of nitrogens with one attached hydrogen (secondary N) is 1. The van der Waals surface area contributed by atoms with Gasteiger partial charge in [0.05, 0.1) is 10.8 Å². The first-order valence-electron chi connectivity index (χ1n) is 7.52. The highest BCUT2D eigenvalue weighted by molar-refractivity contribution is 8.00. The minimum Gasteiger partial charge on any atom is -0.293 e. The molecule has 1 N–H and O–H groups in total. The number of rotatable bonds is 7. The van der Waals surface area contributed by atoms with Crippen LogP contribution in [0.2, 0.25) is 5.02 Å². The minimum atomic E-state index is -3.56. The number of hydrogen-bond donors (Lipinski definition) is 1. The highest BCUT2D eigenvalue weighted by Crippen LogP contribution is 2.25. The number of carbonyl (C=O) groups is 1. The Morgan fingerprint density at radius 1 is 1.04 bits per heavy atom. The van der Waals surface area contributed by atoms with Crippen molar-refractivity contribution in [1.29, 1.82) is 0 Å². The fourth-order valence-corrected chi connectivity index (χ4v) is 5.23. The lowest BCUT2D eigenvalue weighted by molar-refractivity contribution is 0.102. The fraction of sp³-hybridized carbons (Fsp3) is 0.0556. The predicted octanol–water partition coefficient (Wildman–Crippen LogP) is 5.18. The van der Waals surface area contributed by atoms with Crippen LogP contribution in [0.3, 0.4) is 0 Å². The lowest BCUT2D eigenvalue weighted by Gasteiger charge is -2.07. The molecule has 0 aliphatic carbocycles. The Bertz CT molecular complexity index is 1000. The van der Waals surface area contributed by atoms with Gasteiger partial charge in [-0.3, -0.25) is 9.52 Å². The summed E-state index contributed by atoms with van der Waals surface area (Å²) in [6, 6.07) is 17.1. The largest absolute Gasteiger partial charge is 0.293 e. The molecule has 3 aromatic rings. The van der Waals surface area contributed by atoms with E-state index in [1.54, 1.807) is 66.0 Å². The van der Waals surface area contributed by atoms with Gasteiger partial charge in [0.2, 0.25) is 0 Å². The summed E-state index contributed by atoms with van der Waals surface area (Å²) in [5.74, 6) is 0.201. The number of anilines is 1. The third-order valence-corrected chi connectivity index (χ3v) is 7.53. The molecule has 0 spiro atoms. The quantitative estimate of drug-likeness (QED) is 0.420. The van der Waals surface area contributed by atoms with E-state index < -0.39 is 10.0 Å². The Morgan fingerprint density at radius 2 is 1.77 bits per heavy atom. The monoisotopic (exact) mass is 423 g/mol. The summed E-state index contributed by atoms with van der Waals surface area (Å²) in [5, 5.41) is 2.15. The summed E-state index contributed by atoms with van der Waals surface area (Å²) in [6.45, 7) is 0. The van der Waals surface area contributed by atoms with Crippen LogP contribution in [-0.4, -0.2) is 20.0 Å². The molecule has 0 saturated carbocycles. The smallest absolute Gasteiger partial charge is 0.271 e. The first-order valence-corrected chi connectivity index (χ1v) is 11.3. The van der Waals surface area contributed by atoms with Gasteiger partial charge in [0.1, 0.15) is 4.21 Å². The average molecular weight is 424 g/mol. The molecular formula is C18H14ClNO3S3. The molecule has 0 unspecified atom stereocenters. The summed E-state index contributed by atoms with van der Waals surface area (Å²) in [4.78, 5) is 13.1. The zero-order chi connectivity index (χ0) is 18.6. The number of halogens is 1. The highest BCUT2D eigenvalue weighted by Gasteiger charge is 2.15. The molecule has 0 bridgehead atoms. The summed E-state index contributed by atoms with van der Waals surface area (Å²) in [6.07, 6.45) is 0. The van der Waals surface area contributed by atoms with E-state index in [0.29, 0.717) is 16.3 Å². The molecule has 1 aromatic heterocycles. The van der Waals surface area contributed by atoms with Crippen LogP contribution in [0.1, 0.15) is 10.4 Å². The zero-order valence-corrected chi connectivity index (χ0v) is 16.6.